The molecule has 0 amide bonds. The van der Waals surface area contributed by atoms with Gasteiger partial charge in [0.05, 0.1) is 11.0 Å². The third kappa shape index (κ3) is 1.53. The zero-order chi connectivity index (χ0) is 12.7. The molecule has 0 unspecified atom stereocenters. The first kappa shape index (κ1) is 10.5. The molecule has 3 N–H and O–H groups in total. The van der Waals surface area contributed by atoms with Gasteiger partial charge in [0.2, 0.25) is 0 Å². The summed E-state index contributed by atoms with van der Waals surface area (Å²) >= 11 is 0. The second kappa shape index (κ2) is 3.66. The molecule has 0 radical (unpaired) electrons. The Labute approximate surface area is 101 Å². The van der Waals surface area contributed by atoms with Crippen LogP contribution in [0.5, 0.6) is 0 Å². The van der Waals surface area contributed by atoms with Gasteiger partial charge in [-0.3, -0.25) is 0 Å². The molecule has 1 aromatic carbocycles. The van der Waals surface area contributed by atoms with Gasteiger partial charge in [-0.1, -0.05) is 6.07 Å². The van der Waals surface area contributed by atoms with Crippen LogP contribution in [0.1, 0.15) is 16.3 Å². The average Bonchev–Trinajstić information content (AvgIpc) is 2.91. The molecule has 0 aliphatic rings. The van der Waals surface area contributed by atoms with E-state index in [0.717, 1.165) is 16.9 Å². The van der Waals surface area contributed by atoms with E-state index in [9.17, 15) is 4.79 Å². The van der Waals surface area contributed by atoms with Crippen molar-refractivity contribution in [2.24, 2.45) is 0 Å². The smallest absolute Gasteiger partial charge is 0.358 e. The summed E-state index contributed by atoms with van der Waals surface area (Å²) in [6.07, 6.45) is 0. The van der Waals surface area contributed by atoms with Gasteiger partial charge >= 0.3 is 5.97 Å². The maximum atomic E-state index is 11.0. The van der Waals surface area contributed by atoms with E-state index in [1.165, 1.54) is 0 Å². The molecule has 90 valence electrons. The molecule has 18 heavy (non-hydrogen) atoms. The number of nitrogens with one attached hydrogen (secondary N) is 2. The van der Waals surface area contributed by atoms with Gasteiger partial charge in [0.25, 0.3) is 0 Å². The second-order valence-electron chi connectivity index (χ2n) is 3.88. The molecule has 0 aliphatic heterocycles. The summed E-state index contributed by atoms with van der Waals surface area (Å²) in [5.74, 6) is -0.305. The van der Waals surface area contributed by atoms with Gasteiger partial charge in [-0.15, -0.1) is 5.10 Å². The van der Waals surface area contributed by atoms with Gasteiger partial charge < -0.3 is 10.1 Å². The Morgan fingerprint density at radius 2 is 2.17 bits per heavy atom. The molecule has 3 aromatic rings. The summed E-state index contributed by atoms with van der Waals surface area (Å²) in [6.45, 7) is 1.86. The summed E-state index contributed by atoms with van der Waals surface area (Å²) in [7, 11) is 0. The summed E-state index contributed by atoms with van der Waals surface area (Å²) in [4.78, 5) is 18.4. The molecule has 0 bridgehead atoms. The largest absolute Gasteiger partial charge is 0.476 e. The summed E-state index contributed by atoms with van der Waals surface area (Å²) < 4.78 is 0. The number of rotatable bonds is 2. The third-order valence-corrected chi connectivity index (χ3v) is 2.62. The van der Waals surface area contributed by atoms with Crippen LogP contribution in [0.15, 0.2) is 18.2 Å². The fourth-order valence-electron chi connectivity index (χ4n) is 1.87. The normalized spacial score (nSPS) is 10.9. The van der Waals surface area contributed by atoms with Crippen LogP contribution < -0.4 is 0 Å². The van der Waals surface area contributed by atoms with Gasteiger partial charge in [-0.2, -0.15) is 10.3 Å². The molecule has 2 heterocycles. The van der Waals surface area contributed by atoms with Crippen molar-refractivity contribution in [2.45, 2.75) is 6.92 Å². The lowest BCUT2D eigenvalue weighted by Gasteiger charge is -1.97. The quantitative estimate of drug-likeness (QED) is 0.629. The first-order valence-corrected chi connectivity index (χ1v) is 5.26. The number of benzene rings is 1. The first-order valence-electron chi connectivity index (χ1n) is 5.26. The van der Waals surface area contributed by atoms with E-state index in [0.29, 0.717) is 11.3 Å². The molecule has 2 aromatic heterocycles. The Morgan fingerprint density at radius 1 is 1.33 bits per heavy atom. The predicted molar refractivity (Wildman–Crippen MR) is 63.2 cm³/mol. The number of hydrogen-bond acceptors (Lipinski definition) is 4. The Balaban J connectivity index is 2.18. The molecule has 7 heteroatoms. The lowest BCUT2D eigenvalue weighted by atomic mass is 10.1. The molecule has 7 nitrogen and oxygen atoms in total. The second-order valence-corrected chi connectivity index (χ2v) is 3.88. The highest BCUT2D eigenvalue weighted by Crippen LogP contribution is 2.23. The molecular weight excluding hydrogens is 234 g/mol. The van der Waals surface area contributed by atoms with Crippen LogP contribution in [0.4, 0.5) is 0 Å². The maximum absolute atomic E-state index is 11.0. The highest BCUT2D eigenvalue weighted by Gasteiger charge is 2.17. The Hall–Kier alpha value is -2.70. The molecular formula is C11H9N5O2. The molecule has 0 saturated carbocycles. The van der Waals surface area contributed by atoms with E-state index in [-0.39, 0.29) is 5.69 Å². The van der Waals surface area contributed by atoms with E-state index >= 15 is 0 Å². The van der Waals surface area contributed by atoms with Crippen LogP contribution in [0, 0.1) is 6.92 Å². The molecule has 0 atom stereocenters. The Bertz CT molecular complexity index is 743. The zero-order valence-electron chi connectivity index (χ0n) is 9.43. The SMILES string of the molecule is Cc1nc2ccc(-c3n[nH]nc3C(=O)O)cc2[nH]1. The number of carboxylic acid groups (broad SMARTS) is 1. The first-order chi connectivity index (χ1) is 8.65. The van der Waals surface area contributed by atoms with Crippen molar-refractivity contribution in [1.82, 2.24) is 25.4 Å². The number of hydrogen-bond donors (Lipinski definition) is 3. The number of aryl methyl sites for hydroxylation is 1. The summed E-state index contributed by atoms with van der Waals surface area (Å²) in [5, 5.41) is 18.8. The van der Waals surface area contributed by atoms with E-state index in [4.69, 9.17) is 5.11 Å². The van der Waals surface area contributed by atoms with E-state index < -0.39 is 5.97 Å². The Kier molecular flexibility index (Phi) is 2.12. The number of imidazole rings is 1. The van der Waals surface area contributed by atoms with Gasteiger partial charge in [0.1, 0.15) is 11.5 Å². The highest BCUT2D eigenvalue weighted by atomic mass is 16.4. The number of aromatic nitrogens is 5. The van der Waals surface area contributed by atoms with Crippen molar-refractivity contribution in [3.05, 3.63) is 29.7 Å². The molecule has 0 saturated heterocycles. The van der Waals surface area contributed by atoms with Crippen LogP contribution in [0.2, 0.25) is 0 Å². The molecule has 0 fully saturated rings. The summed E-state index contributed by atoms with van der Waals surface area (Å²) in [6, 6.07) is 5.39. The minimum atomic E-state index is -1.11. The van der Waals surface area contributed by atoms with Crippen molar-refractivity contribution < 1.29 is 9.90 Å². The van der Waals surface area contributed by atoms with Crippen molar-refractivity contribution >= 4 is 17.0 Å². The Morgan fingerprint density at radius 3 is 2.94 bits per heavy atom. The standard InChI is InChI=1S/C11H9N5O2/c1-5-12-7-3-2-6(4-8(7)13-5)9-10(11(17)18)15-16-14-9/h2-4H,1H3,(H,12,13)(H,17,18)(H,14,15,16). The lowest BCUT2D eigenvalue weighted by molar-refractivity contribution is 0.0691. The van der Waals surface area contributed by atoms with E-state index in [1.807, 2.05) is 13.0 Å². The van der Waals surface area contributed by atoms with Crippen molar-refractivity contribution in [3.63, 3.8) is 0 Å². The van der Waals surface area contributed by atoms with Gasteiger partial charge in [0.15, 0.2) is 5.69 Å². The topological polar surface area (TPSA) is 108 Å². The van der Waals surface area contributed by atoms with Crippen LogP contribution in [0.25, 0.3) is 22.3 Å². The average molecular weight is 243 g/mol. The van der Waals surface area contributed by atoms with Crippen LogP contribution >= 0.6 is 0 Å². The number of aromatic carboxylic acids is 1. The van der Waals surface area contributed by atoms with E-state index in [1.54, 1.807) is 12.1 Å². The molecule has 0 aliphatic carbocycles. The lowest BCUT2D eigenvalue weighted by Crippen LogP contribution is -1.99. The number of fused-ring (bicyclic) bond motifs is 1. The van der Waals surface area contributed by atoms with Crippen LogP contribution in [-0.4, -0.2) is 36.5 Å². The highest BCUT2D eigenvalue weighted by molar-refractivity contribution is 5.93. The van der Waals surface area contributed by atoms with Crippen LogP contribution in [0.3, 0.4) is 0 Å². The fourth-order valence-corrected chi connectivity index (χ4v) is 1.87. The van der Waals surface area contributed by atoms with E-state index in [2.05, 4.69) is 25.4 Å². The zero-order valence-corrected chi connectivity index (χ0v) is 9.43. The molecule has 3 rings (SSSR count). The number of nitrogens with zero attached hydrogens (tertiary/aromatic N) is 3. The van der Waals surface area contributed by atoms with Crippen LogP contribution in [-0.2, 0) is 0 Å². The number of H-pyrrole nitrogens is 2. The van der Waals surface area contributed by atoms with Crippen molar-refractivity contribution in [3.8, 4) is 11.3 Å². The monoisotopic (exact) mass is 243 g/mol. The molecule has 0 spiro atoms. The predicted octanol–water partition coefficient (Wildman–Crippen LogP) is 1.35. The fraction of sp³-hybridized carbons (Fsp3) is 0.0909. The number of aromatic amines is 2. The number of carbonyl (C=O) groups is 1. The van der Waals surface area contributed by atoms with Gasteiger partial charge in [0, 0.05) is 5.56 Å². The minimum absolute atomic E-state index is 0.0920. The van der Waals surface area contributed by atoms with Crippen molar-refractivity contribution in [1.29, 1.82) is 0 Å². The third-order valence-electron chi connectivity index (χ3n) is 2.62. The number of carboxylic acids is 1. The van der Waals surface area contributed by atoms with Gasteiger partial charge in [-0.25, -0.2) is 9.78 Å². The summed E-state index contributed by atoms with van der Waals surface area (Å²) in [5.41, 5.74) is 2.57. The van der Waals surface area contributed by atoms with Gasteiger partial charge in [-0.05, 0) is 19.1 Å². The minimum Gasteiger partial charge on any atom is -0.476 e. The maximum Gasteiger partial charge on any atom is 0.358 e. The van der Waals surface area contributed by atoms with Crippen molar-refractivity contribution in [2.75, 3.05) is 0 Å².